The summed E-state index contributed by atoms with van der Waals surface area (Å²) in [5, 5.41) is 1.77. The van der Waals surface area contributed by atoms with Crippen LogP contribution in [0.2, 0.25) is 0 Å². The molecule has 6 heteroatoms. The van der Waals surface area contributed by atoms with Gasteiger partial charge >= 0.3 is 11.9 Å². The van der Waals surface area contributed by atoms with E-state index in [2.05, 4.69) is 0 Å². The van der Waals surface area contributed by atoms with Crippen LogP contribution in [-0.4, -0.2) is 36.7 Å². The molecule has 1 aliphatic carbocycles. The second-order valence-corrected chi connectivity index (χ2v) is 6.18. The molecular formula is C22H14O6. The highest BCUT2D eigenvalue weighted by molar-refractivity contribution is 6.57. The second-order valence-electron chi connectivity index (χ2n) is 6.18. The Bertz CT molecular complexity index is 1060. The summed E-state index contributed by atoms with van der Waals surface area (Å²) < 4.78 is 9.68. The molecule has 0 amide bonds. The Balaban J connectivity index is 0.000000137. The molecule has 1 heterocycles. The number of fused-ring (bicyclic) bond motifs is 1. The Morgan fingerprint density at radius 3 is 1.43 bits per heavy atom. The summed E-state index contributed by atoms with van der Waals surface area (Å²) in [6.45, 7) is 0.220. The van der Waals surface area contributed by atoms with Crippen LogP contribution in [0.3, 0.4) is 0 Å². The fraction of sp³-hybridized carbons (Fsp3) is 0.0909. The van der Waals surface area contributed by atoms with E-state index in [1.54, 1.807) is 48.5 Å². The Morgan fingerprint density at radius 2 is 0.964 bits per heavy atom. The topological polar surface area (TPSA) is 86.7 Å². The average molecular weight is 374 g/mol. The minimum atomic E-state index is -0.475. The van der Waals surface area contributed by atoms with Crippen molar-refractivity contribution >= 4 is 34.3 Å². The van der Waals surface area contributed by atoms with Crippen molar-refractivity contribution < 1.29 is 28.7 Å². The summed E-state index contributed by atoms with van der Waals surface area (Å²) in [6.07, 6.45) is 0. The van der Waals surface area contributed by atoms with Crippen molar-refractivity contribution in [1.29, 1.82) is 0 Å². The molecule has 28 heavy (non-hydrogen) atoms. The number of benzene rings is 3. The number of carbonyl (C=O) groups excluding carboxylic acids is 4. The van der Waals surface area contributed by atoms with E-state index < -0.39 is 11.9 Å². The van der Waals surface area contributed by atoms with Gasteiger partial charge in [-0.2, -0.15) is 0 Å². The Hall–Kier alpha value is -3.80. The van der Waals surface area contributed by atoms with Crippen LogP contribution in [0.1, 0.15) is 41.4 Å². The molecule has 0 unspecified atom stereocenters. The first-order valence-corrected chi connectivity index (χ1v) is 8.62. The summed E-state index contributed by atoms with van der Waals surface area (Å²) in [4.78, 5) is 45.8. The first-order chi connectivity index (χ1) is 13.6. The van der Waals surface area contributed by atoms with E-state index in [1.807, 2.05) is 12.1 Å². The highest BCUT2D eigenvalue weighted by atomic mass is 16.6. The van der Waals surface area contributed by atoms with Crippen LogP contribution < -0.4 is 0 Å². The molecule has 0 bridgehead atoms. The molecule has 0 radical (unpaired) electrons. The molecule has 0 aromatic heterocycles. The van der Waals surface area contributed by atoms with Gasteiger partial charge in [-0.1, -0.05) is 48.5 Å². The van der Waals surface area contributed by atoms with Crippen molar-refractivity contribution in [2.45, 2.75) is 0 Å². The molecule has 3 aromatic rings. The Labute approximate surface area is 159 Å². The maximum atomic E-state index is 11.5. The number of hydrogen-bond acceptors (Lipinski definition) is 6. The lowest BCUT2D eigenvalue weighted by Crippen LogP contribution is -2.21. The second kappa shape index (κ2) is 7.08. The van der Waals surface area contributed by atoms with E-state index in [0.717, 1.165) is 10.8 Å². The SMILES string of the molecule is O=C1C(=O)c2cccc3cccc1c23.O=C1OCCOC(=O)c2ccccc21. The van der Waals surface area contributed by atoms with E-state index in [4.69, 9.17) is 9.47 Å². The van der Waals surface area contributed by atoms with Crippen LogP contribution >= 0.6 is 0 Å². The lowest BCUT2D eigenvalue weighted by Gasteiger charge is -2.13. The lowest BCUT2D eigenvalue weighted by molar-refractivity contribution is 0.0225. The monoisotopic (exact) mass is 374 g/mol. The number of hydrogen-bond donors (Lipinski definition) is 0. The Kier molecular flexibility index (Phi) is 4.45. The number of ether oxygens (including phenoxy) is 2. The molecule has 5 rings (SSSR count). The van der Waals surface area contributed by atoms with Gasteiger partial charge in [-0.25, -0.2) is 9.59 Å². The van der Waals surface area contributed by atoms with Gasteiger partial charge in [0.1, 0.15) is 13.2 Å². The van der Waals surface area contributed by atoms with Gasteiger partial charge in [0, 0.05) is 16.5 Å². The van der Waals surface area contributed by atoms with Gasteiger partial charge < -0.3 is 9.47 Å². The summed E-state index contributed by atoms with van der Waals surface area (Å²) in [6, 6.07) is 17.3. The van der Waals surface area contributed by atoms with Crippen LogP contribution in [0, 0.1) is 0 Å². The molecule has 0 atom stereocenters. The maximum Gasteiger partial charge on any atom is 0.339 e. The zero-order valence-electron chi connectivity index (χ0n) is 14.6. The van der Waals surface area contributed by atoms with Gasteiger partial charge in [-0.05, 0) is 17.5 Å². The lowest BCUT2D eigenvalue weighted by atomic mass is 10.1. The normalized spacial score (nSPS) is 15.0. The van der Waals surface area contributed by atoms with Crippen LogP contribution in [0.5, 0.6) is 0 Å². The van der Waals surface area contributed by atoms with E-state index in [1.165, 1.54) is 0 Å². The highest BCUT2D eigenvalue weighted by Crippen LogP contribution is 2.30. The predicted octanol–water partition coefficient (Wildman–Crippen LogP) is 3.23. The Morgan fingerprint density at radius 1 is 0.536 bits per heavy atom. The fourth-order valence-corrected chi connectivity index (χ4v) is 3.23. The smallest absolute Gasteiger partial charge is 0.339 e. The van der Waals surface area contributed by atoms with E-state index >= 15 is 0 Å². The van der Waals surface area contributed by atoms with Gasteiger partial charge in [0.15, 0.2) is 0 Å². The van der Waals surface area contributed by atoms with Crippen LogP contribution in [-0.2, 0) is 9.47 Å². The van der Waals surface area contributed by atoms with Crippen molar-refractivity contribution in [2.75, 3.05) is 13.2 Å². The summed E-state index contributed by atoms with van der Waals surface area (Å²) >= 11 is 0. The zero-order valence-corrected chi connectivity index (χ0v) is 14.6. The summed E-state index contributed by atoms with van der Waals surface area (Å²) in [5.41, 5.74) is 1.61. The van der Waals surface area contributed by atoms with E-state index in [0.29, 0.717) is 11.1 Å². The predicted molar refractivity (Wildman–Crippen MR) is 99.6 cm³/mol. The van der Waals surface area contributed by atoms with E-state index in [9.17, 15) is 19.2 Å². The first-order valence-electron chi connectivity index (χ1n) is 8.62. The number of carbonyl (C=O) groups is 4. The summed E-state index contributed by atoms with van der Waals surface area (Å²) in [7, 11) is 0. The quantitative estimate of drug-likeness (QED) is 0.444. The highest BCUT2D eigenvalue weighted by Gasteiger charge is 2.29. The first kappa shape index (κ1) is 17.6. The van der Waals surface area contributed by atoms with Gasteiger partial charge in [0.2, 0.25) is 11.6 Å². The minimum absolute atomic E-state index is 0.110. The van der Waals surface area contributed by atoms with Gasteiger partial charge in [0.25, 0.3) is 0 Å². The van der Waals surface area contributed by atoms with Gasteiger partial charge in [0.05, 0.1) is 11.1 Å². The third-order valence-electron chi connectivity index (χ3n) is 4.52. The molecular weight excluding hydrogens is 360 g/mol. The third kappa shape index (κ3) is 2.95. The number of rotatable bonds is 0. The van der Waals surface area contributed by atoms with E-state index in [-0.39, 0.29) is 35.9 Å². The maximum absolute atomic E-state index is 11.5. The summed E-state index contributed by atoms with van der Waals surface area (Å²) in [5.74, 6) is -1.71. The zero-order chi connectivity index (χ0) is 19.7. The standard InChI is InChI=1S/C12H6O2.C10H8O4/c13-11-8-5-1-3-7-4-2-6-9(10(7)8)12(11)14;11-9-7-3-1-2-4-8(7)10(12)14-6-5-13-9/h1-6H;1-4H,5-6H2. The van der Waals surface area contributed by atoms with Gasteiger partial charge in [-0.15, -0.1) is 0 Å². The van der Waals surface area contributed by atoms with Crippen molar-refractivity contribution in [2.24, 2.45) is 0 Å². The average Bonchev–Trinajstić information content (AvgIpc) is 2.98. The molecule has 138 valence electrons. The van der Waals surface area contributed by atoms with Crippen LogP contribution in [0.25, 0.3) is 10.8 Å². The molecule has 0 fully saturated rings. The molecule has 0 saturated carbocycles. The molecule has 2 aliphatic rings. The van der Waals surface area contributed by atoms with Crippen LogP contribution in [0.4, 0.5) is 0 Å². The third-order valence-corrected chi connectivity index (χ3v) is 4.52. The number of ketones is 2. The van der Waals surface area contributed by atoms with Crippen molar-refractivity contribution in [3.8, 4) is 0 Å². The molecule has 0 N–H and O–H groups in total. The van der Waals surface area contributed by atoms with Crippen LogP contribution in [0.15, 0.2) is 60.7 Å². The molecule has 6 nitrogen and oxygen atoms in total. The molecule has 1 aliphatic heterocycles. The minimum Gasteiger partial charge on any atom is -0.458 e. The van der Waals surface area contributed by atoms with Gasteiger partial charge in [-0.3, -0.25) is 9.59 Å². The fourth-order valence-electron chi connectivity index (χ4n) is 3.23. The van der Waals surface area contributed by atoms with Crippen molar-refractivity contribution in [3.05, 3.63) is 82.9 Å². The van der Waals surface area contributed by atoms with Crippen molar-refractivity contribution in [3.63, 3.8) is 0 Å². The molecule has 0 saturated heterocycles. The largest absolute Gasteiger partial charge is 0.458 e. The van der Waals surface area contributed by atoms with Crippen molar-refractivity contribution in [1.82, 2.24) is 0 Å². The molecule has 0 spiro atoms. The number of Topliss-reactive ketones (excluding diaryl/α,β-unsaturated/α-hetero) is 2. The number of cyclic esters (lactones) is 2. The molecule has 3 aromatic carbocycles. The number of esters is 2.